The lowest BCUT2D eigenvalue weighted by molar-refractivity contribution is -0.148. The summed E-state index contributed by atoms with van der Waals surface area (Å²) < 4.78 is 5.21. The Hall–Kier alpha value is -2.70. The van der Waals surface area contributed by atoms with Crippen LogP contribution in [0.1, 0.15) is 56.8 Å². The van der Waals surface area contributed by atoms with Crippen LogP contribution in [0.3, 0.4) is 0 Å². The number of hydrogen-bond acceptors (Lipinski definition) is 5. The van der Waals surface area contributed by atoms with Gasteiger partial charge in [-0.15, -0.1) is 0 Å². The van der Waals surface area contributed by atoms with Crippen LogP contribution in [0.2, 0.25) is 10.0 Å². The average Bonchev–Trinajstić information content (AvgIpc) is 3.02. The van der Waals surface area contributed by atoms with Crippen molar-refractivity contribution < 1.29 is 23.9 Å². The molecule has 1 aliphatic heterocycles. The molecule has 2 aliphatic rings. The highest BCUT2D eigenvalue weighted by Gasteiger charge is 2.42. The zero-order valence-electron chi connectivity index (χ0n) is 16.5. The monoisotopic (exact) mass is 459 g/mol. The van der Waals surface area contributed by atoms with Crippen LogP contribution in [-0.2, 0) is 9.53 Å². The fourth-order valence-corrected chi connectivity index (χ4v) is 4.44. The van der Waals surface area contributed by atoms with Crippen LogP contribution in [0.4, 0.5) is 0 Å². The first-order valence-corrected chi connectivity index (χ1v) is 10.7. The summed E-state index contributed by atoms with van der Waals surface area (Å²) in [5.41, 5.74) is 0.991. The molecule has 1 fully saturated rings. The molecule has 0 aromatic heterocycles. The van der Waals surface area contributed by atoms with Gasteiger partial charge in [0.25, 0.3) is 11.8 Å². The first kappa shape index (κ1) is 21.5. The van der Waals surface area contributed by atoms with Crippen LogP contribution in [0.5, 0.6) is 0 Å². The van der Waals surface area contributed by atoms with Crippen molar-refractivity contribution in [2.24, 2.45) is 5.92 Å². The molecule has 2 aromatic rings. The number of ketones is 1. The fourth-order valence-electron chi connectivity index (χ4n) is 4.12. The minimum atomic E-state index is -0.427. The second kappa shape index (κ2) is 8.81. The van der Waals surface area contributed by atoms with Gasteiger partial charge in [-0.1, -0.05) is 53.5 Å². The van der Waals surface area contributed by atoms with Crippen molar-refractivity contribution in [2.45, 2.75) is 31.7 Å². The van der Waals surface area contributed by atoms with Crippen LogP contribution in [0.25, 0.3) is 0 Å². The number of nitrogens with zero attached hydrogens (tertiary/aromatic N) is 1. The van der Waals surface area contributed by atoms with E-state index in [0.717, 1.165) is 0 Å². The highest BCUT2D eigenvalue weighted by Crippen LogP contribution is 2.36. The predicted octanol–water partition coefficient (Wildman–Crippen LogP) is 4.57. The van der Waals surface area contributed by atoms with Crippen LogP contribution in [0, 0.1) is 5.92 Å². The lowest BCUT2D eigenvalue weighted by atomic mass is 9.85. The zero-order chi connectivity index (χ0) is 22.1. The molecular weight excluding hydrogens is 441 g/mol. The number of hydrogen-bond donors (Lipinski definition) is 0. The summed E-state index contributed by atoms with van der Waals surface area (Å²) in [5, 5.41) is 0.444. The molecule has 0 N–H and O–H groups in total. The largest absolute Gasteiger partial charge is 0.457 e. The Kier molecular flexibility index (Phi) is 6.12. The second-order valence-electron chi connectivity index (χ2n) is 7.69. The van der Waals surface area contributed by atoms with Gasteiger partial charge in [0.15, 0.2) is 12.4 Å². The number of carbonyl (C=O) groups excluding carboxylic acids is 4. The lowest BCUT2D eigenvalue weighted by Gasteiger charge is -2.32. The molecule has 0 radical (unpaired) electrons. The Bertz CT molecular complexity index is 1020. The molecule has 0 bridgehead atoms. The number of imide groups is 1. The number of rotatable bonds is 5. The molecule has 0 spiro atoms. The predicted molar refractivity (Wildman–Crippen MR) is 114 cm³/mol. The third-order valence-electron chi connectivity index (χ3n) is 5.80. The van der Waals surface area contributed by atoms with Gasteiger partial charge in [-0.05, 0) is 37.8 Å². The molecule has 0 unspecified atom stereocenters. The van der Waals surface area contributed by atoms with E-state index in [2.05, 4.69) is 0 Å². The van der Waals surface area contributed by atoms with Crippen molar-refractivity contribution in [2.75, 3.05) is 6.61 Å². The summed E-state index contributed by atoms with van der Waals surface area (Å²) in [6.45, 7) is -0.303. The number of fused-ring (bicyclic) bond motifs is 1. The molecule has 4 rings (SSSR count). The van der Waals surface area contributed by atoms with E-state index >= 15 is 0 Å². The van der Waals surface area contributed by atoms with E-state index in [4.69, 9.17) is 27.9 Å². The SMILES string of the molecule is O=C(COC(=O)C1CCC(N2C(=O)c3cc(Cl)c(Cl)cc3C2=O)CC1)c1ccccc1. The molecule has 160 valence electrons. The third-order valence-corrected chi connectivity index (χ3v) is 6.52. The van der Waals surface area contributed by atoms with Gasteiger partial charge in [0.05, 0.1) is 27.1 Å². The number of benzene rings is 2. The van der Waals surface area contributed by atoms with Crippen molar-refractivity contribution in [1.82, 2.24) is 4.90 Å². The van der Waals surface area contributed by atoms with E-state index in [1.54, 1.807) is 30.3 Å². The van der Waals surface area contributed by atoms with Crippen molar-refractivity contribution in [3.05, 3.63) is 69.2 Å². The highest BCUT2D eigenvalue weighted by molar-refractivity contribution is 6.43. The Morgan fingerprint density at radius 1 is 0.903 bits per heavy atom. The number of ether oxygens (including phenoxy) is 1. The molecule has 0 saturated heterocycles. The summed E-state index contributed by atoms with van der Waals surface area (Å²) >= 11 is 12.0. The first-order valence-electron chi connectivity index (χ1n) is 9.98. The van der Waals surface area contributed by atoms with Crippen molar-refractivity contribution >= 4 is 46.8 Å². The normalized spacial score (nSPS) is 20.5. The minimum Gasteiger partial charge on any atom is -0.457 e. The first-order chi connectivity index (χ1) is 14.9. The Morgan fingerprint density at radius 2 is 1.45 bits per heavy atom. The molecule has 0 atom stereocenters. The molecule has 1 saturated carbocycles. The maximum absolute atomic E-state index is 12.8. The summed E-state index contributed by atoms with van der Waals surface area (Å²) in [7, 11) is 0. The standard InChI is InChI=1S/C23H19Cl2NO5/c24-18-10-16-17(11-19(18)25)22(29)26(21(16)28)15-8-6-14(7-9-15)23(30)31-12-20(27)13-4-2-1-3-5-13/h1-5,10-11,14-15H,6-9,12H2. The van der Waals surface area contributed by atoms with Gasteiger partial charge < -0.3 is 4.74 Å². The Morgan fingerprint density at radius 3 is 2.00 bits per heavy atom. The molecule has 8 heteroatoms. The third kappa shape index (κ3) is 4.23. The molecule has 1 heterocycles. The number of carbonyl (C=O) groups is 4. The summed E-state index contributed by atoms with van der Waals surface area (Å²) in [4.78, 5) is 51.3. The van der Waals surface area contributed by atoms with Gasteiger partial charge >= 0.3 is 5.97 Å². The molecule has 31 heavy (non-hydrogen) atoms. The highest BCUT2D eigenvalue weighted by atomic mass is 35.5. The number of halogens is 2. The quantitative estimate of drug-likeness (QED) is 0.371. The number of Topliss-reactive ketones (excluding diaryl/α,β-unsaturated/α-hetero) is 1. The van der Waals surface area contributed by atoms with E-state index in [1.807, 2.05) is 0 Å². The van der Waals surface area contributed by atoms with Crippen molar-refractivity contribution in [3.63, 3.8) is 0 Å². The number of amides is 2. The average molecular weight is 460 g/mol. The fraction of sp³-hybridized carbons (Fsp3) is 0.304. The molecule has 1 aliphatic carbocycles. The number of esters is 1. The smallest absolute Gasteiger partial charge is 0.309 e. The van der Waals surface area contributed by atoms with E-state index in [9.17, 15) is 19.2 Å². The topological polar surface area (TPSA) is 80.8 Å². The van der Waals surface area contributed by atoms with Crippen molar-refractivity contribution in [1.29, 1.82) is 0 Å². The van der Waals surface area contributed by atoms with Gasteiger partial charge in [-0.25, -0.2) is 0 Å². The minimum absolute atomic E-state index is 0.222. The lowest BCUT2D eigenvalue weighted by Crippen LogP contribution is -2.42. The van der Waals surface area contributed by atoms with E-state index in [1.165, 1.54) is 17.0 Å². The van der Waals surface area contributed by atoms with Crippen molar-refractivity contribution in [3.8, 4) is 0 Å². The molecule has 2 amide bonds. The second-order valence-corrected chi connectivity index (χ2v) is 8.51. The maximum atomic E-state index is 12.8. The van der Waals surface area contributed by atoms with Gasteiger partial charge in [0.2, 0.25) is 0 Å². The van der Waals surface area contributed by atoms with Crippen LogP contribution < -0.4 is 0 Å². The van der Waals surface area contributed by atoms with Gasteiger partial charge in [-0.2, -0.15) is 0 Å². The van der Waals surface area contributed by atoms with Crippen LogP contribution in [0.15, 0.2) is 42.5 Å². The van der Waals surface area contributed by atoms with Gasteiger partial charge in [0, 0.05) is 11.6 Å². The van der Waals surface area contributed by atoms with Crippen LogP contribution >= 0.6 is 23.2 Å². The molecule has 6 nitrogen and oxygen atoms in total. The Balaban J connectivity index is 1.33. The molecule has 2 aromatic carbocycles. The molecular formula is C23H19Cl2NO5. The van der Waals surface area contributed by atoms with E-state index in [-0.39, 0.29) is 45.5 Å². The van der Waals surface area contributed by atoms with E-state index in [0.29, 0.717) is 31.2 Å². The zero-order valence-corrected chi connectivity index (χ0v) is 18.0. The van der Waals surface area contributed by atoms with Crippen LogP contribution in [-0.4, -0.2) is 41.1 Å². The summed E-state index contributed by atoms with van der Waals surface area (Å²) in [5.74, 6) is -1.83. The van der Waals surface area contributed by atoms with Gasteiger partial charge in [0.1, 0.15) is 0 Å². The maximum Gasteiger partial charge on any atom is 0.309 e. The van der Waals surface area contributed by atoms with Gasteiger partial charge in [-0.3, -0.25) is 24.1 Å². The summed E-state index contributed by atoms with van der Waals surface area (Å²) in [6.07, 6.45) is 1.91. The Labute approximate surface area is 189 Å². The van der Waals surface area contributed by atoms with E-state index < -0.39 is 17.8 Å². The summed E-state index contributed by atoms with van der Waals surface area (Å²) in [6, 6.07) is 11.2.